The lowest BCUT2D eigenvalue weighted by Gasteiger charge is -2.22. The molecule has 2 aromatic carbocycles. The monoisotopic (exact) mass is 346 g/mol. The summed E-state index contributed by atoms with van der Waals surface area (Å²) >= 11 is 0. The van der Waals surface area contributed by atoms with Crippen LogP contribution in [-0.4, -0.2) is 5.91 Å². The van der Waals surface area contributed by atoms with Crippen LogP contribution in [-0.2, 0) is 10.2 Å². The molecule has 0 unspecified atom stereocenters. The molecule has 135 valence electrons. The highest BCUT2D eigenvalue weighted by atomic mass is 16.1. The molecular weight excluding hydrogens is 318 g/mol. The van der Waals surface area contributed by atoms with Crippen molar-refractivity contribution in [3.8, 4) is 0 Å². The van der Waals surface area contributed by atoms with Crippen LogP contribution < -0.4 is 5.32 Å². The number of anilines is 1. The second kappa shape index (κ2) is 7.49. The summed E-state index contributed by atoms with van der Waals surface area (Å²) in [5, 5.41) is 3.12. The van der Waals surface area contributed by atoms with Gasteiger partial charge in [0.05, 0.1) is 0 Å². The van der Waals surface area contributed by atoms with Crippen molar-refractivity contribution in [3.63, 3.8) is 0 Å². The van der Waals surface area contributed by atoms with E-state index in [9.17, 15) is 4.79 Å². The van der Waals surface area contributed by atoms with E-state index in [-0.39, 0.29) is 11.3 Å². The second-order valence-corrected chi connectivity index (χ2v) is 8.23. The Morgan fingerprint density at radius 2 is 1.73 bits per heavy atom. The Morgan fingerprint density at radius 1 is 1.04 bits per heavy atom. The van der Waals surface area contributed by atoms with Crippen molar-refractivity contribution in [1.29, 1.82) is 0 Å². The van der Waals surface area contributed by atoms with Gasteiger partial charge >= 0.3 is 0 Å². The molecule has 0 saturated heterocycles. The number of rotatable bonds is 3. The highest BCUT2D eigenvalue weighted by molar-refractivity contribution is 6.09. The quantitative estimate of drug-likeness (QED) is 0.719. The third-order valence-corrected chi connectivity index (χ3v) is 5.01. The molecule has 1 amide bonds. The number of aryl methyl sites for hydroxylation is 1. The van der Waals surface area contributed by atoms with E-state index in [1.807, 2.05) is 18.2 Å². The highest BCUT2D eigenvalue weighted by Crippen LogP contribution is 2.33. The van der Waals surface area contributed by atoms with Gasteiger partial charge < -0.3 is 5.32 Å². The summed E-state index contributed by atoms with van der Waals surface area (Å²) in [6.45, 7) is 8.56. The van der Waals surface area contributed by atoms with Crippen molar-refractivity contribution in [1.82, 2.24) is 0 Å². The number of carbonyl (C=O) groups excluding carboxylic acids is 1. The van der Waals surface area contributed by atoms with Crippen LogP contribution in [0.15, 0.2) is 48.0 Å². The molecule has 3 rings (SSSR count). The van der Waals surface area contributed by atoms with Gasteiger partial charge in [0.1, 0.15) is 0 Å². The first kappa shape index (κ1) is 18.4. The van der Waals surface area contributed by atoms with Gasteiger partial charge in [0.2, 0.25) is 0 Å². The molecule has 2 aromatic rings. The molecule has 0 heterocycles. The SMILES string of the molecule is Cc1ccc(C2=C(C(=O)Nc3cc[c]c(C(C)(C)C)c3)CCCC2)cc1. The minimum absolute atomic E-state index is 0.0118. The van der Waals surface area contributed by atoms with Crippen LogP contribution in [0.4, 0.5) is 5.69 Å². The third-order valence-electron chi connectivity index (χ3n) is 5.01. The van der Waals surface area contributed by atoms with Gasteiger partial charge in [-0.05, 0) is 72.9 Å². The van der Waals surface area contributed by atoms with E-state index in [0.717, 1.165) is 42.5 Å². The van der Waals surface area contributed by atoms with Crippen molar-refractivity contribution < 1.29 is 4.79 Å². The molecule has 0 atom stereocenters. The molecule has 0 aromatic heterocycles. The summed E-state index contributed by atoms with van der Waals surface area (Å²) in [6.07, 6.45) is 4.05. The normalized spacial score (nSPS) is 15.1. The summed E-state index contributed by atoms with van der Waals surface area (Å²) in [4.78, 5) is 13.0. The van der Waals surface area contributed by atoms with Gasteiger partial charge in [-0.1, -0.05) is 56.7 Å². The number of carbonyl (C=O) groups is 1. The fourth-order valence-electron chi connectivity index (χ4n) is 3.41. The summed E-state index contributed by atoms with van der Waals surface area (Å²) < 4.78 is 0. The molecule has 0 aliphatic heterocycles. The van der Waals surface area contributed by atoms with E-state index in [1.54, 1.807) is 0 Å². The highest BCUT2D eigenvalue weighted by Gasteiger charge is 2.21. The summed E-state index contributed by atoms with van der Waals surface area (Å²) in [7, 11) is 0. The second-order valence-electron chi connectivity index (χ2n) is 8.23. The molecular formula is C24H28NO. The minimum Gasteiger partial charge on any atom is -0.322 e. The third kappa shape index (κ3) is 4.24. The molecule has 2 heteroatoms. The Kier molecular flexibility index (Phi) is 5.31. The molecule has 2 nitrogen and oxygen atoms in total. The average molecular weight is 346 g/mol. The number of allylic oxidation sites excluding steroid dienone is 1. The molecule has 0 bridgehead atoms. The van der Waals surface area contributed by atoms with Crippen molar-refractivity contribution in [2.45, 2.75) is 58.8 Å². The maximum Gasteiger partial charge on any atom is 0.251 e. The predicted octanol–water partition coefficient (Wildman–Crippen LogP) is 6.06. The van der Waals surface area contributed by atoms with Crippen LogP contribution in [0.1, 0.15) is 63.1 Å². The fraction of sp³-hybridized carbons (Fsp3) is 0.375. The van der Waals surface area contributed by atoms with Crippen LogP contribution in [0.5, 0.6) is 0 Å². The van der Waals surface area contributed by atoms with E-state index >= 15 is 0 Å². The topological polar surface area (TPSA) is 29.1 Å². The molecule has 1 aliphatic carbocycles. The number of hydrogen-bond acceptors (Lipinski definition) is 1. The van der Waals surface area contributed by atoms with Gasteiger partial charge in [0.15, 0.2) is 0 Å². The molecule has 1 radical (unpaired) electrons. The first-order valence-electron chi connectivity index (χ1n) is 9.47. The lowest BCUT2D eigenvalue weighted by molar-refractivity contribution is -0.113. The van der Waals surface area contributed by atoms with Crippen molar-refractivity contribution in [2.75, 3.05) is 5.32 Å². The van der Waals surface area contributed by atoms with Gasteiger partial charge in [0.25, 0.3) is 5.91 Å². The summed E-state index contributed by atoms with van der Waals surface area (Å²) in [5.74, 6) is 0.0336. The van der Waals surface area contributed by atoms with Crippen molar-refractivity contribution in [3.05, 3.63) is 70.8 Å². The minimum atomic E-state index is 0.0118. The number of nitrogens with one attached hydrogen (secondary N) is 1. The van der Waals surface area contributed by atoms with Gasteiger partial charge in [-0.25, -0.2) is 0 Å². The van der Waals surface area contributed by atoms with Crippen LogP contribution in [0.2, 0.25) is 0 Å². The fourth-order valence-corrected chi connectivity index (χ4v) is 3.41. The predicted molar refractivity (Wildman–Crippen MR) is 109 cm³/mol. The van der Waals surface area contributed by atoms with Gasteiger partial charge in [-0.3, -0.25) is 4.79 Å². The lowest BCUT2D eigenvalue weighted by Crippen LogP contribution is -2.19. The Hall–Kier alpha value is -2.35. The average Bonchev–Trinajstić information content (AvgIpc) is 2.62. The zero-order valence-corrected chi connectivity index (χ0v) is 16.3. The van der Waals surface area contributed by atoms with Gasteiger partial charge in [-0.15, -0.1) is 0 Å². The first-order chi connectivity index (χ1) is 12.3. The number of hydrogen-bond donors (Lipinski definition) is 1. The standard InChI is InChI=1S/C24H28NO/c1-17-12-14-18(15-13-17)21-10-5-6-11-22(21)23(26)25-20-9-7-8-19(16-20)24(2,3)4/h7,9,12-16H,5-6,10-11H2,1-4H3,(H,25,26). The van der Waals surface area contributed by atoms with Crippen LogP contribution >= 0.6 is 0 Å². The zero-order valence-electron chi connectivity index (χ0n) is 16.3. The van der Waals surface area contributed by atoms with E-state index in [1.165, 1.54) is 16.7 Å². The van der Waals surface area contributed by atoms with Crippen LogP contribution in [0.3, 0.4) is 0 Å². The van der Waals surface area contributed by atoms with Crippen molar-refractivity contribution >= 4 is 17.2 Å². The Bertz CT molecular complexity index is 822. The number of benzene rings is 2. The molecule has 1 N–H and O–H groups in total. The maximum atomic E-state index is 13.0. The van der Waals surface area contributed by atoms with Crippen LogP contribution in [0.25, 0.3) is 5.57 Å². The molecule has 0 fully saturated rings. The van der Waals surface area contributed by atoms with Gasteiger partial charge in [0, 0.05) is 11.3 Å². The summed E-state index contributed by atoms with van der Waals surface area (Å²) in [5.41, 5.74) is 6.52. The Balaban J connectivity index is 1.88. The van der Waals surface area contributed by atoms with Crippen LogP contribution in [0, 0.1) is 13.0 Å². The molecule has 0 saturated carbocycles. The molecule has 1 aliphatic rings. The van der Waals surface area contributed by atoms with E-state index < -0.39 is 0 Å². The zero-order chi connectivity index (χ0) is 18.7. The van der Waals surface area contributed by atoms with E-state index in [4.69, 9.17) is 0 Å². The van der Waals surface area contributed by atoms with Gasteiger partial charge in [-0.2, -0.15) is 0 Å². The molecule has 0 spiro atoms. The Morgan fingerprint density at radius 3 is 2.42 bits per heavy atom. The first-order valence-corrected chi connectivity index (χ1v) is 9.47. The Labute approximate surface area is 157 Å². The number of amides is 1. The molecule has 26 heavy (non-hydrogen) atoms. The lowest BCUT2D eigenvalue weighted by atomic mass is 9.86. The van der Waals surface area contributed by atoms with E-state index in [2.05, 4.69) is 63.3 Å². The largest absolute Gasteiger partial charge is 0.322 e. The summed E-state index contributed by atoms with van der Waals surface area (Å²) in [6, 6.07) is 17.6. The van der Waals surface area contributed by atoms with Crippen molar-refractivity contribution in [2.24, 2.45) is 0 Å². The smallest absolute Gasteiger partial charge is 0.251 e. The van der Waals surface area contributed by atoms with E-state index in [0.29, 0.717) is 0 Å². The maximum absolute atomic E-state index is 13.0.